The lowest BCUT2D eigenvalue weighted by molar-refractivity contribution is -0.131. The summed E-state index contributed by atoms with van der Waals surface area (Å²) in [6, 6.07) is 9.69. The zero-order chi connectivity index (χ0) is 13.5. The maximum absolute atomic E-state index is 11.5. The smallest absolute Gasteiger partial charge is 0.253 e. The van der Waals surface area contributed by atoms with E-state index in [1.54, 1.807) is 11.3 Å². The molecule has 0 unspecified atom stereocenters. The predicted molar refractivity (Wildman–Crippen MR) is 76.9 cm³/mol. The number of rotatable bonds is 6. The van der Waals surface area contributed by atoms with E-state index in [-0.39, 0.29) is 5.91 Å². The molecule has 1 amide bonds. The number of hydrogen-bond acceptors (Lipinski definition) is 5. The maximum Gasteiger partial charge on any atom is 0.253 e. The summed E-state index contributed by atoms with van der Waals surface area (Å²) >= 11 is 2.95. The third-order valence-electron chi connectivity index (χ3n) is 2.19. The van der Waals surface area contributed by atoms with E-state index in [1.807, 2.05) is 42.6 Å². The van der Waals surface area contributed by atoms with Crippen molar-refractivity contribution in [2.45, 2.75) is 17.9 Å². The van der Waals surface area contributed by atoms with Gasteiger partial charge in [-0.1, -0.05) is 42.1 Å². The lowest BCUT2D eigenvalue weighted by atomic mass is 10.2. The fourth-order valence-corrected chi connectivity index (χ4v) is 2.97. The Morgan fingerprint density at radius 2 is 2.21 bits per heavy atom. The van der Waals surface area contributed by atoms with Gasteiger partial charge in [-0.3, -0.25) is 9.63 Å². The van der Waals surface area contributed by atoms with Gasteiger partial charge in [0.25, 0.3) is 5.91 Å². The molecule has 0 spiro atoms. The Morgan fingerprint density at radius 1 is 1.42 bits per heavy atom. The topological polar surface area (TPSA) is 51.2 Å². The van der Waals surface area contributed by atoms with Crippen LogP contribution in [0.5, 0.6) is 0 Å². The molecule has 0 aliphatic rings. The molecule has 0 bridgehead atoms. The number of amides is 1. The number of hydrogen-bond donors (Lipinski definition) is 1. The van der Waals surface area contributed by atoms with Gasteiger partial charge in [0, 0.05) is 11.1 Å². The van der Waals surface area contributed by atoms with Gasteiger partial charge in [0.2, 0.25) is 0 Å². The normalized spacial score (nSPS) is 10.4. The van der Waals surface area contributed by atoms with E-state index in [2.05, 4.69) is 10.5 Å². The Morgan fingerprint density at radius 3 is 2.89 bits per heavy atom. The Labute approximate surface area is 120 Å². The summed E-state index contributed by atoms with van der Waals surface area (Å²) in [6.07, 6.45) is 0. The number of aromatic nitrogens is 1. The second-order valence-electron chi connectivity index (χ2n) is 3.84. The SMILES string of the molecule is Cc1csc(SCC(=O)NOCc2ccccc2)n1. The number of thioether (sulfide) groups is 1. The molecule has 0 aliphatic carbocycles. The quantitative estimate of drug-likeness (QED) is 0.657. The fourth-order valence-electron chi connectivity index (χ4n) is 1.33. The molecule has 6 heteroatoms. The molecular weight excluding hydrogens is 280 g/mol. The van der Waals surface area contributed by atoms with Crippen LogP contribution >= 0.6 is 23.1 Å². The molecule has 0 saturated carbocycles. The number of nitrogens with zero attached hydrogens (tertiary/aromatic N) is 1. The zero-order valence-corrected chi connectivity index (χ0v) is 12.1. The van der Waals surface area contributed by atoms with Crippen LogP contribution in [-0.2, 0) is 16.2 Å². The van der Waals surface area contributed by atoms with Crippen LogP contribution in [0.2, 0.25) is 0 Å². The zero-order valence-electron chi connectivity index (χ0n) is 10.5. The van der Waals surface area contributed by atoms with Crippen molar-refractivity contribution >= 4 is 29.0 Å². The number of carbonyl (C=O) groups excluding carboxylic acids is 1. The average molecular weight is 294 g/mol. The summed E-state index contributed by atoms with van der Waals surface area (Å²) in [6.45, 7) is 2.30. The number of carbonyl (C=O) groups is 1. The first-order valence-corrected chi connectivity index (χ1v) is 7.60. The standard InChI is InChI=1S/C13H14N2O2S2/c1-10-8-18-13(14-10)19-9-12(16)15-17-7-11-5-3-2-4-6-11/h2-6,8H,7,9H2,1H3,(H,15,16). The van der Waals surface area contributed by atoms with Crippen LogP contribution in [0.15, 0.2) is 40.1 Å². The third kappa shape index (κ3) is 5.02. The van der Waals surface area contributed by atoms with Gasteiger partial charge in [-0.05, 0) is 12.5 Å². The van der Waals surface area contributed by atoms with Gasteiger partial charge >= 0.3 is 0 Å². The first-order valence-electron chi connectivity index (χ1n) is 5.73. The Kier molecular flexibility index (Phi) is 5.38. The van der Waals surface area contributed by atoms with Gasteiger partial charge in [-0.15, -0.1) is 11.3 Å². The van der Waals surface area contributed by atoms with Crippen molar-refractivity contribution < 1.29 is 9.63 Å². The molecule has 2 rings (SSSR count). The van der Waals surface area contributed by atoms with Gasteiger partial charge in [-0.25, -0.2) is 10.5 Å². The van der Waals surface area contributed by atoms with E-state index in [1.165, 1.54) is 11.8 Å². The molecule has 1 aromatic carbocycles. The molecule has 0 fully saturated rings. The summed E-state index contributed by atoms with van der Waals surface area (Å²) in [5.41, 5.74) is 4.42. The van der Waals surface area contributed by atoms with E-state index in [9.17, 15) is 4.79 Å². The van der Waals surface area contributed by atoms with E-state index in [0.29, 0.717) is 12.4 Å². The summed E-state index contributed by atoms with van der Waals surface area (Å²) in [5.74, 6) is 0.149. The van der Waals surface area contributed by atoms with Crippen molar-refractivity contribution in [3.05, 3.63) is 47.0 Å². The summed E-state index contributed by atoms with van der Waals surface area (Å²) < 4.78 is 0.899. The molecule has 0 atom stereocenters. The largest absolute Gasteiger partial charge is 0.272 e. The monoisotopic (exact) mass is 294 g/mol. The molecule has 0 saturated heterocycles. The van der Waals surface area contributed by atoms with Crippen LogP contribution in [0, 0.1) is 6.92 Å². The highest BCUT2D eigenvalue weighted by Crippen LogP contribution is 2.21. The molecule has 4 nitrogen and oxygen atoms in total. The minimum atomic E-state index is -0.159. The highest BCUT2D eigenvalue weighted by molar-refractivity contribution is 8.01. The maximum atomic E-state index is 11.5. The fraction of sp³-hybridized carbons (Fsp3) is 0.231. The Balaban J connectivity index is 1.65. The first kappa shape index (κ1) is 14.0. The van der Waals surface area contributed by atoms with Crippen molar-refractivity contribution in [1.29, 1.82) is 0 Å². The lowest BCUT2D eigenvalue weighted by Crippen LogP contribution is -2.25. The second kappa shape index (κ2) is 7.28. The van der Waals surface area contributed by atoms with Crippen molar-refractivity contribution in [2.75, 3.05) is 5.75 Å². The predicted octanol–water partition coefficient (Wildman–Crippen LogP) is 2.79. The van der Waals surface area contributed by atoms with E-state index in [0.717, 1.165) is 15.6 Å². The number of hydroxylamine groups is 1. The van der Waals surface area contributed by atoms with Gasteiger partial charge in [0.1, 0.15) is 0 Å². The number of aryl methyl sites for hydroxylation is 1. The third-order valence-corrected chi connectivity index (χ3v) is 4.33. The van der Waals surface area contributed by atoms with Crippen LogP contribution in [0.3, 0.4) is 0 Å². The van der Waals surface area contributed by atoms with Gasteiger partial charge in [0.15, 0.2) is 4.34 Å². The highest BCUT2D eigenvalue weighted by atomic mass is 32.2. The molecule has 1 heterocycles. The van der Waals surface area contributed by atoms with Crippen molar-refractivity contribution in [1.82, 2.24) is 10.5 Å². The number of nitrogens with one attached hydrogen (secondary N) is 1. The summed E-state index contributed by atoms with van der Waals surface area (Å²) in [4.78, 5) is 20.9. The van der Waals surface area contributed by atoms with Gasteiger partial charge in [-0.2, -0.15) is 0 Å². The molecule has 0 radical (unpaired) electrons. The van der Waals surface area contributed by atoms with Crippen LogP contribution in [0.1, 0.15) is 11.3 Å². The molecule has 100 valence electrons. The molecule has 1 N–H and O–H groups in total. The van der Waals surface area contributed by atoms with Crippen molar-refractivity contribution in [2.24, 2.45) is 0 Å². The van der Waals surface area contributed by atoms with E-state index < -0.39 is 0 Å². The van der Waals surface area contributed by atoms with Crippen LogP contribution in [0.25, 0.3) is 0 Å². The van der Waals surface area contributed by atoms with Crippen LogP contribution in [-0.4, -0.2) is 16.6 Å². The minimum Gasteiger partial charge on any atom is -0.272 e. The van der Waals surface area contributed by atoms with Crippen LogP contribution < -0.4 is 5.48 Å². The Bertz CT molecular complexity index is 528. The molecule has 0 aliphatic heterocycles. The summed E-state index contributed by atoms with van der Waals surface area (Å²) in [5, 5.41) is 1.96. The van der Waals surface area contributed by atoms with Gasteiger partial charge < -0.3 is 0 Å². The van der Waals surface area contributed by atoms with E-state index >= 15 is 0 Å². The first-order chi connectivity index (χ1) is 9.24. The highest BCUT2D eigenvalue weighted by Gasteiger charge is 2.05. The average Bonchev–Trinajstić information content (AvgIpc) is 2.83. The Hall–Kier alpha value is -1.37. The van der Waals surface area contributed by atoms with E-state index in [4.69, 9.17) is 4.84 Å². The summed E-state index contributed by atoms with van der Waals surface area (Å²) in [7, 11) is 0. The number of benzene rings is 1. The molecule has 19 heavy (non-hydrogen) atoms. The van der Waals surface area contributed by atoms with Crippen molar-refractivity contribution in [3.63, 3.8) is 0 Å². The van der Waals surface area contributed by atoms with Crippen LogP contribution in [0.4, 0.5) is 0 Å². The minimum absolute atomic E-state index is 0.159. The number of thiazole rings is 1. The van der Waals surface area contributed by atoms with Crippen molar-refractivity contribution in [3.8, 4) is 0 Å². The molecule has 2 aromatic rings. The second-order valence-corrected chi connectivity index (χ2v) is 5.92. The molecule has 1 aromatic heterocycles. The molecular formula is C13H14N2O2S2. The lowest BCUT2D eigenvalue weighted by Gasteiger charge is -2.05. The van der Waals surface area contributed by atoms with Gasteiger partial charge in [0.05, 0.1) is 12.4 Å².